The van der Waals surface area contributed by atoms with Crippen LogP contribution in [0.25, 0.3) is 0 Å². The van der Waals surface area contributed by atoms with E-state index in [4.69, 9.17) is 5.26 Å². The fraction of sp³-hybridized carbons (Fsp3) is 0.300. The average molecular weight is 187 g/mol. The lowest BCUT2D eigenvalue weighted by Crippen LogP contribution is -2.13. The number of nitrogens with zero attached hydrogens (tertiary/aromatic N) is 2. The van der Waals surface area contributed by atoms with Gasteiger partial charge in [-0.25, -0.2) is 4.98 Å². The molecule has 0 bridgehead atoms. The zero-order valence-electron chi connectivity index (χ0n) is 7.53. The number of rotatable bonds is 1. The zero-order chi connectivity index (χ0) is 9.97. The molecule has 70 valence electrons. The molecule has 4 heteroatoms. The van der Waals surface area contributed by atoms with Crippen molar-refractivity contribution in [3.63, 3.8) is 0 Å². The molecule has 2 rings (SSSR count). The molecule has 0 aromatic carbocycles. The number of hydrogen-bond acceptors (Lipinski definition) is 3. The predicted octanol–water partition coefficient (Wildman–Crippen LogP) is 0.557. The second-order valence-corrected chi connectivity index (χ2v) is 3.29. The standard InChI is InChI=1S/C10H9N3O/c11-4-9-2-1-7(5-12-9)8-3-10(14)13-6-8/h1-2,5,8H,3,6H2,(H,13,14). The van der Waals surface area contributed by atoms with Gasteiger partial charge in [0.15, 0.2) is 0 Å². The molecule has 1 amide bonds. The van der Waals surface area contributed by atoms with Crippen molar-refractivity contribution in [3.8, 4) is 6.07 Å². The molecule has 2 heterocycles. The topological polar surface area (TPSA) is 65.8 Å². The summed E-state index contributed by atoms with van der Waals surface area (Å²) in [5.74, 6) is 0.294. The normalized spacial score (nSPS) is 20.2. The number of hydrogen-bond donors (Lipinski definition) is 1. The summed E-state index contributed by atoms with van der Waals surface area (Å²) in [6, 6.07) is 5.50. The minimum atomic E-state index is 0.0827. The van der Waals surface area contributed by atoms with E-state index in [1.165, 1.54) is 0 Å². The molecule has 1 aromatic heterocycles. The van der Waals surface area contributed by atoms with Crippen molar-refractivity contribution in [2.45, 2.75) is 12.3 Å². The molecule has 1 aliphatic rings. The summed E-state index contributed by atoms with van der Waals surface area (Å²) >= 11 is 0. The van der Waals surface area contributed by atoms with Gasteiger partial charge in [-0.05, 0) is 11.6 Å². The quantitative estimate of drug-likeness (QED) is 0.698. The average Bonchev–Trinajstić information content (AvgIpc) is 2.65. The fourth-order valence-electron chi connectivity index (χ4n) is 1.55. The zero-order valence-corrected chi connectivity index (χ0v) is 7.53. The fourth-order valence-corrected chi connectivity index (χ4v) is 1.55. The van der Waals surface area contributed by atoms with Crippen LogP contribution in [0.1, 0.15) is 23.6 Å². The van der Waals surface area contributed by atoms with Gasteiger partial charge in [0.05, 0.1) is 0 Å². The first-order valence-electron chi connectivity index (χ1n) is 4.42. The van der Waals surface area contributed by atoms with Gasteiger partial charge in [-0.2, -0.15) is 5.26 Å². The summed E-state index contributed by atoms with van der Waals surface area (Å²) in [6.07, 6.45) is 2.19. The lowest BCUT2D eigenvalue weighted by molar-refractivity contribution is -0.119. The molecule has 1 aromatic rings. The highest BCUT2D eigenvalue weighted by atomic mass is 16.1. The van der Waals surface area contributed by atoms with E-state index in [9.17, 15) is 4.79 Å². The minimum absolute atomic E-state index is 0.0827. The van der Waals surface area contributed by atoms with Crippen molar-refractivity contribution in [3.05, 3.63) is 29.6 Å². The Kier molecular flexibility index (Phi) is 2.15. The van der Waals surface area contributed by atoms with E-state index in [-0.39, 0.29) is 11.8 Å². The van der Waals surface area contributed by atoms with Crippen molar-refractivity contribution < 1.29 is 4.79 Å². The Labute approximate surface area is 81.6 Å². The molecule has 0 spiro atoms. The van der Waals surface area contributed by atoms with Crippen LogP contribution < -0.4 is 5.32 Å². The smallest absolute Gasteiger partial charge is 0.220 e. The van der Waals surface area contributed by atoms with E-state index < -0.39 is 0 Å². The van der Waals surface area contributed by atoms with Crippen LogP contribution in [0.5, 0.6) is 0 Å². The summed E-state index contributed by atoms with van der Waals surface area (Å²) in [5, 5.41) is 11.3. The molecule has 1 aliphatic heterocycles. The lowest BCUT2D eigenvalue weighted by Gasteiger charge is -2.05. The molecule has 1 atom stereocenters. The van der Waals surface area contributed by atoms with Gasteiger partial charge in [-0.3, -0.25) is 4.79 Å². The largest absolute Gasteiger partial charge is 0.355 e. The molecule has 14 heavy (non-hydrogen) atoms. The third-order valence-corrected chi connectivity index (χ3v) is 2.35. The van der Waals surface area contributed by atoms with Crippen LogP contribution in [0.3, 0.4) is 0 Å². The first kappa shape index (κ1) is 8.70. The van der Waals surface area contributed by atoms with Crippen LogP contribution in [0.4, 0.5) is 0 Å². The maximum Gasteiger partial charge on any atom is 0.220 e. The maximum absolute atomic E-state index is 11.0. The van der Waals surface area contributed by atoms with Crippen LogP contribution >= 0.6 is 0 Å². The monoisotopic (exact) mass is 187 g/mol. The number of nitrogens with one attached hydrogen (secondary N) is 1. The molecule has 1 unspecified atom stereocenters. The van der Waals surface area contributed by atoms with Crippen molar-refractivity contribution in [1.29, 1.82) is 5.26 Å². The second-order valence-electron chi connectivity index (χ2n) is 3.29. The van der Waals surface area contributed by atoms with Crippen LogP contribution in [0.15, 0.2) is 18.3 Å². The van der Waals surface area contributed by atoms with Crippen LogP contribution in [-0.4, -0.2) is 17.4 Å². The molecule has 4 nitrogen and oxygen atoms in total. The Morgan fingerprint density at radius 1 is 1.57 bits per heavy atom. The van der Waals surface area contributed by atoms with Gasteiger partial charge < -0.3 is 5.32 Å². The van der Waals surface area contributed by atoms with Crippen molar-refractivity contribution in [1.82, 2.24) is 10.3 Å². The summed E-state index contributed by atoms with van der Waals surface area (Å²) < 4.78 is 0. The molecule has 1 saturated heterocycles. The molecular formula is C10H9N3O. The number of amides is 1. The number of carbonyl (C=O) groups excluding carboxylic acids is 1. The Morgan fingerprint density at radius 3 is 2.93 bits per heavy atom. The van der Waals surface area contributed by atoms with Crippen LogP contribution in [-0.2, 0) is 4.79 Å². The van der Waals surface area contributed by atoms with Gasteiger partial charge in [0, 0.05) is 25.1 Å². The van der Waals surface area contributed by atoms with E-state index in [2.05, 4.69) is 10.3 Å². The summed E-state index contributed by atoms with van der Waals surface area (Å²) in [6.45, 7) is 0.673. The number of carbonyl (C=O) groups is 1. The first-order valence-corrected chi connectivity index (χ1v) is 4.42. The molecule has 0 radical (unpaired) electrons. The Bertz CT molecular complexity index is 391. The highest BCUT2D eigenvalue weighted by Crippen LogP contribution is 2.21. The summed E-state index contributed by atoms with van der Waals surface area (Å²) in [4.78, 5) is 14.9. The molecule has 1 fully saturated rings. The van der Waals surface area contributed by atoms with Gasteiger partial charge in [0.25, 0.3) is 0 Å². The Balaban J connectivity index is 2.18. The third kappa shape index (κ3) is 1.57. The van der Waals surface area contributed by atoms with E-state index in [0.717, 1.165) is 5.56 Å². The van der Waals surface area contributed by atoms with Gasteiger partial charge >= 0.3 is 0 Å². The minimum Gasteiger partial charge on any atom is -0.355 e. The SMILES string of the molecule is N#Cc1ccc(C2CNC(=O)C2)cn1. The Hall–Kier alpha value is -1.89. The number of nitriles is 1. The summed E-state index contributed by atoms with van der Waals surface area (Å²) in [7, 11) is 0. The van der Waals surface area contributed by atoms with Crippen LogP contribution in [0.2, 0.25) is 0 Å². The van der Waals surface area contributed by atoms with Crippen LogP contribution in [0, 0.1) is 11.3 Å². The highest BCUT2D eigenvalue weighted by Gasteiger charge is 2.22. The van der Waals surface area contributed by atoms with Crippen molar-refractivity contribution in [2.75, 3.05) is 6.54 Å². The van der Waals surface area contributed by atoms with Gasteiger partial charge in [-0.15, -0.1) is 0 Å². The Morgan fingerprint density at radius 2 is 2.43 bits per heavy atom. The third-order valence-electron chi connectivity index (χ3n) is 2.35. The van der Waals surface area contributed by atoms with Gasteiger partial charge in [-0.1, -0.05) is 6.07 Å². The lowest BCUT2D eigenvalue weighted by atomic mass is 10.0. The van der Waals surface area contributed by atoms with E-state index in [1.54, 1.807) is 12.3 Å². The number of pyridine rings is 1. The molecule has 1 N–H and O–H groups in total. The van der Waals surface area contributed by atoms with E-state index in [0.29, 0.717) is 18.7 Å². The summed E-state index contributed by atoms with van der Waals surface area (Å²) in [5.41, 5.74) is 1.42. The first-order chi connectivity index (χ1) is 6.79. The van der Waals surface area contributed by atoms with E-state index in [1.807, 2.05) is 12.1 Å². The highest BCUT2D eigenvalue weighted by molar-refractivity contribution is 5.79. The van der Waals surface area contributed by atoms with E-state index >= 15 is 0 Å². The van der Waals surface area contributed by atoms with Crippen molar-refractivity contribution in [2.24, 2.45) is 0 Å². The second kappa shape index (κ2) is 3.46. The van der Waals surface area contributed by atoms with Gasteiger partial charge in [0.2, 0.25) is 5.91 Å². The molecular weight excluding hydrogens is 178 g/mol. The number of aromatic nitrogens is 1. The predicted molar refractivity (Wildman–Crippen MR) is 49.3 cm³/mol. The molecule has 0 aliphatic carbocycles. The van der Waals surface area contributed by atoms with Crippen molar-refractivity contribution >= 4 is 5.91 Å². The maximum atomic E-state index is 11.0. The molecule has 0 saturated carbocycles. The van der Waals surface area contributed by atoms with Gasteiger partial charge in [0.1, 0.15) is 11.8 Å².